The summed E-state index contributed by atoms with van der Waals surface area (Å²) >= 11 is 0. The first kappa shape index (κ1) is 22.4. The number of rotatable bonds is 8. The topological polar surface area (TPSA) is 63.2 Å². The van der Waals surface area contributed by atoms with Gasteiger partial charge in [0.1, 0.15) is 31.5 Å². The zero-order chi connectivity index (χ0) is 22.3. The van der Waals surface area contributed by atoms with Crippen molar-refractivity contribution in [3.05, 3.63) is 88.5 Å². The molecule has 6 heteroatoms. The lowest BCUT2D eigenvalue weighted by Gasteiger charge is -2.14. The number of carbonyl (C=O) groups is 1. The van der Waals surface area contributed by atoms with E-state index in [2.05, 4.69) is 19.1 Å². The highest BCUT2D eigenvalue weighted by atomic mass is 17.2. The van der Waals surface area contributed by atoms with Gasteiger partial charge in [-0.1, -0.05) is 71.8 Å². The number of fused-ring (bicyclic) bond motifs is 1. The highest BCUT2D eigenvalue weighted by molar-refractivity contribution is 5.83. The van der Waals surface area contributed by atoms with E-state index in [0.29, 0.717) is 19.8 Å². The first-order valence-electron chi connectivity index (χ1n) is 10.8. The normalized spacial score (nSPS) is 23.7. The van der Waals surface area contributed by atoms with Gasteiger partial charge in [0.2, 0.25) is 0 Å². The molecule has 4 rings (SSSR count). The van der Waals surface area contributed by atoms with Crippen molar-refractivity contribution in [1.82, 2.24) is 0 Å². The van der Waals surface area contributed by atoms with Crippen LogP contribution in [0.1, 0.15) is 22.3 Å². The molecule has 2 fully saturated rings. The summed E-state index contributed by atoms with van der Waals surface area (Å²) in [6.07, 6.45) is 4.37. The van der Waals surface area contributed by atoms with Gasteiger partial charge in [0, 0.05) is 6.08 Å². The Hall–Kier alpha value is -2.77. The van der Waals surface area contributed by atoms with Crippen molar-refractivity contribution in [2.24, 2.45) is 0 Å². The lowest BCUT2D eigenvalue weighted by atomic mass is 10.1. The van der Waals surface area contributed by atoms with E-state index >= 15 is 0 Å². The first-order valence-corrected chi connectivity index (χ1v) is 10.8. The van der Waals surface area contributed by atoms with Crippen molar-refractivity contribution >= 4 is 12.0 Å². The van der Waals surface area contributed by atoms with Crippen molar-refractivity contribution < 1.29 is 28.8 Å². The van der Waals surface area contributed by atoms with Crippen LogP contribution >= 0.6 is 0 Å². The molecule has 0 spiro atoms. The summed E-state index contributed by atoms with van der Waals surface area (Å²) in [5.74, 6) is -0.407. The highest BCUT2D eigenvalue weighted by Crippen LogP contribution is 2.32. The summed E-state index contributed by atoms with van der Waals surface area (Å²) in [6.45, 7) is 5.27. The zero-order valence-corrected chi connectivity index (χ0v) is 18.4. The maximum Gasteiger partial charge on any atom is 0.331 e. The van der Waals surface area contributed by atoms with E-state index in [9.17, 15) is 4.79 Å². The van der Waals surface area contributed by atoms with Gasteiger partial charge in [0.15, 0.2) is 0 Å². The fourth-order valence-electron chi connectivity index (χ4n) is 3.64. The first-order chi connectivity index (χ1) is 15.6. The molecule has 0 aliphatic carbocycles. The van der Waals surface area contributed by atoms with Gasteiger partial charge in [-0.3, -0.25) is 0 Å². The molecule has 0 saturated carbocycles. The molecule has 2 heterocycles. The van der Waals surface area contributed by atoms with Crippen LogP contribution in [-0.4, -0.2) is 44.1 Å². The summed E-state index contributed by atoms with van der Waals surface area (Å²) in [4.78, 5) is 23.0. The minimum absolute atomic E-state index is 0.231. The zero-order valence-electron chi connectivity index (χ0n) is 18.4. The van der Waals surface area contributed by atoms with Crippen LogP contribution in [0.4, 0.5) is 0 Å². The van der Waals surface area contributed by atoms with Crippen molar-refractivity contribution in [3.8, 4) is 0 Å². The Morgan fingerprint density at radius 1 is 1.03 bits per heavy atom. The summed E-state index contributed by atoms with van der Waals surface area (Å²) in [5, 5.41) is 0. The van der Waals surface area contributed by atoms with Gasteiger partial charge in [-0.25, -0.2) is 14.6 Å². The van der Waals surface area contributed by atoms with Crippen LogP contribution in [-0.2, 0) is 35.4 Å². The number of benzene rings is 2. The Balaban J connectivity index is 1.21. The van der Waals surface area contributed by atoms with Gasteiger partial charge < -0.3 is 14.2 Å². The highest BCUT2D eigenvalue weighted by Gasteiger charge is 2.46. The summed E-state index contributed by atoms with van der Waals surface area (Å²) in [7, 11) is 0. The van der Waals surface area contributed by atoms with Gasteiger partial charge in [-0.15, -0.1) is 0 Å². The molecule has 2 aliphatic heterocycles. The second-order valence-electron chi connectivity index (χ2n) is 8.07. The Morgan fingerprint density at radius 3 is 2.50 bits per heavy atom. The summed E-state index contributed by atoms with van der Waals surface area (Å²) in [6, 6.07) is 16.1. The number of esters is 1. The maximum atomic E-state index is 12.2. The molecule has 3 atom stereocenters. The third-order valence-corrected chi connectivity index (χ3v) is 5.46. The van der Waals surface area contributed by atoms with E-state index in [1.54, 1.807) is 0 Å². The molecule has 0 radical (unpaired) electrons. The standard InChI is InChI=1S/C26H28O6/c1-18-5-9-20(10-6-18)4-3-13-31-32-23-17-30-25-22(16-29-26(23)25)14-24(27)28-15-21-11-7-19(2)8-12-21/h3-12,14,23,25-26H,13,15-17H2,1-2H3/b4-3+,22-14+/t23-,25+,26+/m0/s1. The minimum Gasteiger partial charge on any atom is -0.458 e. The van der Waals surface area contributed by atoms with Gasteiger partial charge in [-0.05, 0) is 30.5 Å². The summed E-state index contributed by atoms with van der Waals surface area (Å²) < 4.78 is 16.9. The Bertz CT molecular complexity index is 961. The van der Waals surface area contributed by atoms with Crippen molar-refractivity contribution in [3.63, 3.8) is 0 Å². The third kappa shape index (κ3) is 5.93. The monoisotopic (exact) mass is 436 g/mol. The van der Waals surface area contributed by atoms with Crippen molar-refractivity contribution in [1.29, 1.82) is 0 Å². The van der Waals surface area contributed by atoms with Crippen LogP contribution in [0, 0.1) is 13.8 Å². The predicted molar refractivity (Wildman–Crippen MR) is 120 cm³/mol. The van der Waals surface area contributed by atoms with E-state index in [1.165, 1.54) is 11.6 Å². The molecular formula is C26H28O6. The molecule has 0 amide bonds. The Morgan fingerprint density at radius 2 is 1.75 bits per heavy atom. The van der Waals surface area contributed by atoms with E-state index < -0.39 is 5.97 Å². The number of hydrogen-bond donors (Lipinski definition) is 0. The minimum atomic E-state index is -0.407. The van der Waals surface area contributed by atoms with Gasteiger partial charge in [0.05, 0.1) is 13.2 Å². The molecular weight excluding hydrogens is 408 g/mol. The molecule has 6 nitrogen and oxygen atoms in total. The van der Waals surface area contributed by atoms with Crippen LogP contribution in [0.15, 0.2) is 66.3 Å². The largest absolute Gasteiger partial charge is 0.458 e. The predicted octanol–water partition coefficient (Wildman–Crippen LogP) is 4.10. The summed E-state index contributed by atoms with van der Waals surface area (Å²) in [5.41, 5.74) is 5.20. The van der Waals surface area contributed by atoms with Gasteiger partial charge in [-0.2, -0.15) is 0 Å². The van der Waals surface area contributed by atoms with Crippen LogP contribution in [0.25, 0.3) is 6.08 Å². The Labute approximate surface area is 188 Å². The number of carbonyl (C=O) groups excluding carboxylic acids is 1. The molecule has 168 valence electrons. The average Bonchev–Trinajstić information content (AvgIpc) is 3.38. The SMILES string of the molecule is Cc1ccc(/C=C/COO[C@H]2CO[C@@H]3/C(=C/C(=O)OCc4ccc(C)cc4)CO[C@H]23)cc1. The molecule has 32 heavy (non-hydrogen) atoms. The van der Waals surface area contributed by atoms with Crippen LogP contribution in [0.3, 0.4) is 0 Å². The maximum absolute atomic E-state index is 12.2. The fourth-order valence-corrected chi connectivity index (χ4v) is 3.64. The van der Waals surface area contributed by atoms with E-state index in [1.807, 2.05) is 55.5 Å². The molecule has 2 aromatic carbocycles. The average molecular weight is 437 g/mol. The quantitative estimate of drug-likeness (QED) is 0.204. The Kier molecular flexibility index (Phi) is 7.50. The molecule has 0 unspecified atom stereocenters. The number of ether oxygens (including phenoxy) is 3. The van der Waals surface area contributed by atoms with Crippen LogP contribution in [0.2, 0.25) is 0 Å². The second-order valence-corrected chi connectivity index (χ2v) is 8.07. The van der Waals surface area contributed by atoms with E-state index in [4.69, 9.17) is 24.0 Å². The molecule has 2 aromatic rings. The van der Waals surface area contributed by atoms with Crippen LogP contribution in [0.5, 0.6) is 0 Å². The molecule has 0 bridgehead atoms. The number of hydrogen-bond acceptors (Lipinski definition) is 6. The third-order valence-electron chi connectivity index (χ3n) is 5.46. The van der Waals surface area contributed by atoms with Gasteiger partial charge >= 0.3 is 5.97 Å². The van der Waals surface area contributed by atoms with Crippen LogP contribution < -0.4 is 0 Å². The van der Waals surface area contributed by atoms with E-state index in [0.717, 1.165) is 22.3 Å². The van der Waals surface area contributed by atoms with Gasteiger partial charge in [0.25, 0.3) is 0 Å². The molecule has 0 aromatic heterocycles. The fraction of sp³-hybridized carbons (Fsp3) is 0.346. The second kappa shape index (κ2) is 10.7. The molecule has 2 saturated heterocycles. The van der Waals surface area contributed by atoms with Crippen molar-refractivity contribution in [2.75, 3.05) is 19.8 Å². The number of aryl methyl sites for hydroxylation is 2. The molecule has 0 N–H and O–H groups in total. The lowest BCUT2D eigenvalue weighted by Crippen LogP contribution is -2.30. The lowest BCUT2D eigenvalue weighted by molar-refractivity contribution is -0.326. The molecule has 2 aliphatic rings. The van der Waals surface area contributed by atoms with Crippen molar-refractivity contribution in [2.45, 2.75) is 38.8 Å². The van der Waals surface area contributed by atoms with E-state index in [-0.39, 0.29) is 24.9 Å². The smallest absolute Gasteiger partial charge is 0.331 e.